The summed E-state index contributed by atoms with van der Waals surface area (Å²) in [6.45, 7) is 4.80. The minimum absolute atomic E-state index is 0.0314. The Balaban J connectivity index is 1.88. The van der Waals surface area contributed by atoms with Crippen LogP contribution in [-0.4, -0.2) is 53.6 Å². The van der Waals surface area contributed by atoms with Gasteiger partial charge in [-0.2, -0.15) is 9.40 Å². The van der Waals surface area contributed by atoms with Gasteiger partial charge < -0.3 is 11.1 Å². The van der Waals surface area contributed by atoms with Crippen LogP contribution in [0.5, 0.6) is 0 Å². The second kappa shape index (κ2) is 7.62. The summed E-state index contributed by atoms with van der Waals surface area (Å²) in [6.07, 6.45) is 4.65. The molecule has 9 heteroatoms. The molecule has 1 aromatic heterocycles. The van der Waals surface area contributed by atoms with Gasteiger partial charge in [0.25, 0.3) is 0 Å². The summed E-state index contributed by atoms with van der Waals surface area (Å²) in [6, 6.07) is -0.543. The maximum Gasteiger partial charge on any atom is 0.246 e. The van der Waals surface area contributed by atoms with Crippen LogP contribution in [0.3, 0.4) is 0 Å². The molecule has 3 N–H and O–H groups in total. The normalized spacial score (nSPS) is 18.7. The van der Waals surface area contributed by atoms with Crippen molar-refractivity contribution in [2.45, 2.75) is 50.1 Å². The molecule has 1 atom stereocenters. The lowest BCUT2D eigenvalue weighted by Gasteiger charge is -2.31. The maximum atomic E-state index is 12.5. The fourth-order valence-corrected chi connectivity index (χ4v) is 4.30. The lowest BCUT2D eigenvalue weighted by atomic mass is 10.0. The van der Waals surface area contributed by atoms with E-state index in [-0.39, 0.29) is 16.8 Å². The van der Waals surface area contributed by atoms with Crippen LogP contribution in [0.25, 0.3) is 0 Å². The Hall–Kier alpha value is -1.45. The number of piperidine rings is 1. The van der Waals surface area contributed by atoms with Crippen molar-refractivity contribution in [2.24, 2.45) is 18.7 Å². The Labute approximate surface area is 143 Å². The molecule has 136 valence electrons. The van der Waals surface area contributed by atoms with Gasteiger partial charge >= 0.3 is 0 Å². The van der Waals surface area contributed by atoms with E-state index in [1.165, 1.54) is 21.4 Å². The number of nitrogens with two attached hydrogens (primary N) is 1. The van der Waals surface area contributed by atoms with Gasteiger partial charge in [0, 0.05) is 32.4 Å². The molecule has 0 unspecified atom stereocenters. The van der Waals surface area contributed by atoms with Crippen LogP contribution >= 0.6 is 0 Å². The molecule has 0 radical (unpaired) electrons. The van der Waals surface area contributed by atoms with Crippen LogP contribution < -0.4 is 11.1 Å². The predicted molar refractivity (Wildman–Crippen MR) is 90.6 cm³/mol. The van der Waals surface area contributed by atoms with E-state index in [1.807, 2.05) is 13.8 Å². The molecule has 1 aliphatic rings. The average Bonchev–Trinajstić information content (AvgIpc) is 2.94. The first-order valence-corrected chi connectivity index (χ1v) is 9.69. The molecule has 24 heavy (non-hydrogen) atoms. The molecular formula is C15H27N5O3S. The molecule has 1 aliphatic heterocycles. The Morgan fingerprint density at radius 1 is 1.42 bits per heavy atom. The number of hydrogen-bond acceptors (Lipinski definition) is 5. The van der Waals surface area contributed by atoms with Crippen molar-refractivity contribution in [1.29, 1.82) is 0 Å². The third-order valence-electron chi connectivity index (χ3n) is 4.18. The monoisotopic (exact) mass is 357 g/mol. The Bertz CT molecular complexity index is 662. The van der Waals surface area contributed by atoms with Crippen molar-refractivity contribution in [2.75, 3.05) is 13.1 Å². The zero-order chi connectivity index (χ0) is 17.9. The second-order valence-electron chi connectivity index (χ2n) is 6.77. The van der Waals surface area contributed by atoms with Crippen LogP contribution in [0.4, 0.5) is 0 Å². The first-order chi connectivity index (χ1) is 11.2. The van der Waals surface area contributed by atoms with Gasteiger partial charge in [0.2, 0.25) is 15.9 Å². The Kier molecular flexibility index (Phi) is 6.00. The lowest BCUT2D eigenvalue weighted by molar-refractivity contribution is -0.123. The minimum atomic E-state index is -3.51. The van der Waals surface area contributed by atoms with Crippen molar-refractivity contribution in [3.8, 4) is 0 Å². The quantitative estimate of drug-likeness (QED) is 0.748. The first kappa shape index (κ1) is 18.9. The summed E-state index contributed by atoms with van der Waals surface area (Å²) in [4.78, 5) is 12.3. The third-order valence-corrected chi connectivity index (χ3v) is 6.03. The molecule has 1 saturated heterocycles. The first-order valence-electron chi connectivity index (χ1n) is 8.25. The van der Waals surface area contributed by atoms with Crippen LogP contribution in [0.1, 0.15) is 33.1 Å². The fourth-order valence-electron chi connectivity index (χ4n) is 2.84. The van der Waals surface area contributed by atoms with E-state index in [0.29, 0.717) is 38.3 Å². The topological polar surface area (TPSA) is 110 Å². The van der Waals surface area contributed by atoms with Crippen LogP contribution in [0.2, 0.25) is 0 Å². The summed E-state index contributed by atoms with van der Waals surface area (Å²) < 4.78 is 28.0. The smallest absolute Gasteiger partial charge is 0.246 e. The van der Waals surface area contributed by atoms with E-state index < -0.39 is 16.1 Å². The number of carbonyl (C=O) groups excluding carboxylic acids is 1. The van der Waals surface area contributed by atoms with E-state index in [2.05, 4.69) is 10.4 Å². The predicted octanol–water partition coefficient (Wildman–Crippen LogP) is 0.0628. The number of amides is 1. The van der Waals surface area contributed by atoms with Crippen molar-refractivity contribution >= 4 is 15.9 Å². The molecular weight excluding hydrogens is 330 g/mol. The van der Waals surface area contributed by atoms with Gasteiger partial charge in [-0.3, -0.25) is 9.48 Å². The number of aryl methyl sites for hydroxylation is 1. The van der Waals surface area contributed by atoms with E-state index in [1.54, 1.807) is 7.05 Å². The Morgan fingerprint density at radius 2 is 2.04 bits per heavy atom. The summed E-state index contributed by atoms with van der Waals surface area (Å²) in [5, 5.41) is 6.85. The molecule has 0 bridgehead atoms. The van der Waals surface area contributed by atoms with Gasteiger partial charge in [0.05, 0.1) is 12.2 Å². The summed E-state index contributed by atoms with van der Waals surface area (Å²) in [5.74, 6) is 0.203. The molecule has 1 amide bonds. The number of nitrogens with one attached hydrogen (secondary N) is 1. The van der Waals surface area contributed by atoms with Gasteiger partial charge in [0.15, 0.2) is 0 Å². The highest BCUT2D eigenvalue weighted by Crippen LogP contribution is 2.20. The summed E-state index contributed by atoms with van der Waals surface area (Å²) >= 11 is 0. The molecule has 0 aromatic carbocycles. The highest BCUT2D eigenvalue weighted by molar-refractivity contribution is 7.89. The zero-order valence-electron chi connectivity index (χ0n) is 14.5. The molecule has 2 heterocycles. The van der Waals surface area contributed by atoms with E-state index in [9.17, 15) is 13.2 Å². The Morgan fingerprint density at radius 3 is 2.54 bits per heavy atom. The number of rotatable bonds is 6. The minimum Gasteiger partial charge on any atom is -0.352 e. The van der Waals surface area contributed by atoms with Crippen LogP contribution in [0, 0.1) is 5.92 Å². The van der Waals surface area contributed by atoms with E-state index in [0.717, 1.165) is 0 Å². The van der Waals surface area contributed by atoms with Gasteiger partial charge in [-0.1, -0.05) is 13.8 Å². The fraction of sp³-hybridized carbons (Fsp3) is 0.733. The summed E-state index contributed by atoms with van der Waals surface area (Å²) in [7, 11) is -1.83. The van der Waals surface area contributed by atoms with Gasteiger partial charge in [-0.05, 0) is 25.2 Å². The second-order valence-corrected chi connectivity index (χ2v) is 8.71. The maximum absolute atomic E-state index is 12.5. The number of sulfonamides is 1. The zero-order valence-corrected chi connectivity index (χ0v) is 15.3. The van der Waals surface area contributed by atoms with Crippen molar-refractivity contribution < 1.29 is 13.2 Å². The molecule has 8 nitrogen and oxygen atoms in total. The summed E-state index contributed by atoms with van der Waals surface area (Å²) in [5.41, 5.74) is 5.88. The standard InChI is InChI=1S/C15H27N5O3S/c1-11(2)8-14(16)15(21)18-12-4-6-20(7-5-12)24(22,23)13-9-17-19(3)10-13/h9-12,14H,4-8,16H2,1-3H3,(H,18,21)/t14-/m0/s1. The number of carbonyl (C=O) groups is 1. The highest BCUT2D eigenvalue weighted by Gasteiger charge is 2.31. The molecule has 2 rings (SSSR count). The molecule has 1 aromatic rings. The molecule has 0 aliphatic carbocycles. The number of aromatic nitrogens is 2. The van der Waals surface area contributed by atoms with Crippen molar-refractivity contribution in [3.63, 3.8) is 0 Å². The van der Waals surface area contributed by atoms with Crippen molar-refractivity contribution in [1.82, 2.24) is 19.4 Å². The van der Waals surface area contributed by atoms with Gasteiger partial charge in [-0.15, -0.1) is 0 Å². The number of nitrogens with zero attached hydrogens (tertiary/aromatic N) is 3. The average molecular weight is 357 g/mol. The molecule has 1 fully saturated rings. The van der Waals surface area contributed by atoms with Gasteiger partial charge in [-0.25, -0.2) is 8.42 Å². The third kappa shape index (κ3) is 4.55. The van der Waals surface area contributed by atoms with Crippen molar-refractivity contribution in [3.05, 3.63) is 12.4 Å². The highest BCUT2D eigenvalue weighted by atomic mass is 32.2. The largest absolute Gasteiger partial charge is 0.352 e. The number of hydrogen-bond donors (Lipinski definition) is 2. The molecule has 0 spiro atoms. The van der Waals surface area contributed by atoms with Crippen LogP contribution in [-0.2, 0) is 21.9 Å². The SMILES string of the molecule is CC(C)C[C@H](N)C(=O)NC1CCN(S(=O)(=O)c2cnn(C)c2)CC1. The lowest BCUT2D eigenvalue weighted by Crippen LogP contribution is -2.50. The van der Waals surface area contributed by atoms with Crippen LogP contribution in [0.15, 0.2) is 17.3 Å². The van der Waals surface area contributed by atoms with E-state index >= 15 is 0 Å². The molecule has 0 saturated carbocycles. The van der Waals surface area contributed by atoms with E-state index in [4.69, 9.17) is 5.73 Å². The van der Waals surface area contributed by atoms with Gasteiger partial charge in [0.1, 0.15) is 4.90 Å².